The van der Waals surface area contributed by atoms with Crippen LogP contribution in [0.5, 0.6) is 0 Å². The van der Waals surface area contributed by atoms with Gasteiger partial charge in [-0.2, -0.15) is 4.98 Å². The molecular formula is C18H14FN3O2. The van der Waals surface area contributed by atoms with Gasteiger partial charge >= 0.3 is 5.69 Å². The van der Waals surface area contributed by atoms with Gasteiger partial charge < -0.3 is 10.3 Å². The Morgan fingerprint density at radius 3 is 2.50 bits per heavy atom. The van der Waals surface area contributed by atoms with Crippen molar-refractivity contribution in [3.63, 3.8) is 0 Å². The Kier molecular flexibility index (Phi) is 4.47. The van der Waals surface area contributed by atoms with E-state index in [4.69, 9.17) is 0 Å². The van der Waals surface area contributed by atoms with Crippen LogP contribution in [0.1, 0.15) is 16.1 Å². The summed E-state index contributed by atoms with van der Waals surface area (Å²) >= 11 is 0. The van der Waals surface area contributed by atoms with Gasteiger partial charge in [0, 0.05) is 12.1 Å². The van der Waals surface area contributed by atoms with E-state index in [1.165, 1.54) is 18.2 Å². The summed E-state index contributed by atoms with van der Waals surface area (Å²) in [4.78, 5) is 30.3. The molecular weight excluding hydrogens is 309 g/mol. The average Bonchev–Trinajstić information content (AvgIpc) is 2.61. The molecule has 0 aliphatic rings. The predicted molar refractivity (Wildman–Crippen MR) is 87.9 cm³/mol. The van der Waals surface area contributed by atoms with Crippen molar-refractivity contribution in [2.75, 3.05) is 0 Å². The summed E-state index contributed by atoms with van der Waals surface area (Å²) in [6.45, 7) is 0.226. The first-order chi connectivity index (χ1) is 11.6. The zero-order valence-electron chi connectivity index (χ0n) is 12.6. The molecule has 3 aromatic rings. The number of nitrogens with one attached hydrogen (secondary N) is 2. The first kappa shape index (κ1) is 15.6. The topological polar surface area (TPSA) is 74.8 Å². The van der Waals surface area contributed by atoms with Gasteiger partial charge in [-0.05, 0) is 23.8 Å². The van der Waals surface area contributed by atoms with Crippen molar-refractivity contribution in [3.8, 4) is 11.3 Å². The molecule has 0 aliphatic carbocycles. The van der Waals surface area contributed by atoms with Crippen molar-refractivity contribution < 1.29 is 9.18 Å². The van der Waals surface area contributed by atoms with Crippen LogP contribution in [0.2, 0.25) is 0 Å². The fourth-order valence-electron chi connectivity index (χ4n) is 2.22. The lowest BCUT2D eigenvalue weighted by Crippen LogP contribution is -2.27. The molecule has 0 unspecified atom stereocenters. The maximum Gasteiger partial charge on any atom is 0.346 e. The average molecular weight is 323 g/mol. The van der Waals surface area contributed by atoms with Crippen molar-refractivity contribution >= 4 is 5.91 Å². The van der Waals surface area contributed by atoms with E-state index in [1.54, 1.807) is 12.1 Å². The SMILES string of the molecule is O=C(NCc1ccc(F)cc1)c1cc(-c2ccccc2)nc(=O)[nH]1. The molecule has 2 N–H and O–H groups in total. The minimum Gasteiger partial charge on any atom is -0.347 e. The Balaban J connectivity index is 1.78. The molecule has 2 aromatic carbocycles. The summed E-state index contributed by atoms with van der Waals surface area (Å²) in [6, 6.07) is 16.5. The van der Waals surface area contributed by atoms with E-state index < -0.39 is 11.6 Å². The van der Waals surface area contributed by atoms with E-state index in [9.17, 15) is 14.0 Å². The zero-order valence-corrected chi connectivity index (χ0v) is 12.6. The number of benzene rings is 2. The van der Waals surface area contributed by atoms with Crippen LogP contribution in [0.25, 0.3) is 11.3 Å². The Morgan fingerprint density at radius 1 is 1.08 bits per heavy atom. The van der Waals surface area contributed by atoms with Crippen LogP contribution >= 0.6 is 0 Å². The quantitative estimate of drug-likeness (QED) is 0.775. The largest absolute Gasteiger partial charge is 0.347 e. The van der Waals surface area contributed by atoms with Gasteiger partial charge in [-0.15, -0.1) is 0 Å². The number of carbonyl (C=O) groups is 1. The lowest BCUT2D eigenvalue weighted by molar-refractivity contribution is 0.0945. The maximum atomic E-state index is 12.9. The molecule has 0 fully saturated rings. The summed E-state index contributed by atoms with van der Waals surface area (Å²) < 4.78 is 12.9. The number of rotatable bonds is 4. The number of carbonyl (C=O) groups excluding carboxylic acids is 1. The van der Waals surface area contributed by atoms with E-state index in [1.807, 2.05) is 30.3 Å². The van der Waals surface area contributed by atoms with Crippen molar-refractivity contribution in [1.29, 1.82) is 0 Å². The van der Waals surface area contributed by atoms with Crippen molar-refractivity contribution in [2.24, 2.45) is 0 Å². The zero-order chi connectivity index (χ0) is 16.9. The highest BCUT2D eigenvalue weighted by Crippen LogP contribution is 2.15. The molecule has 6 heteroatoms. The van der Waals surface area contributed by atoms with Gasteiger partial charge in [0.15, 0.2) is 0 Å². The number of hydrogen-bond donors (Lipinski definition) is 2. The van der Waals surface area contributed by atoms with Crippen molar-refractivity contribution in [2.45, 2.75) is 6.54 Å². The van der Waals surface area contributed by atoms with E-state index in [0.717, 1.165) is 11.1 Å². The molecule has 1 aromatic heterocycles. The van der Waals surface area contributed by atoms with Gasteiger partial charge in [-0.1, -0.05) is 42.5 Å². The number of aromatic amines is 1. The molecule has 120 valence electrons. The van der Waals surface area contributed by atoms with E-state index in [2.05, 4.69) is 15.3 Å². The molecule has 0 bridgehead atoms. The fourth-order valence-corrected chi connectivity index (χ4v) is 2.22. The van der Waals surface area contributed by atoms with E-state index >= 15 is 0 Å². The second-order valence-corrected chi connectivity index (χ2v) is 5.16. The number of halogens is 1. The number of aromatic nitrogens is 2. The monoisotopic (exact) mass is 323 g/mol. The summed E-state index contributed by atoms with van der Waals surface area (Å²) in [5.74, 6) is -0.771. The highest BCUT2D eigenvalue weighted by Gasteiger charge is 2.10. The van der Waals surface area contributed by atoms with Crippen LogP contribution in [0.4, 0.5) is 4.39 Å². The first-order valence-corrected chi connectivity index (χ1v) is 7.31. The molecule has 0 spiro atoms. The van der Waals surface area contributed by atoms with Crippen LogP contribution in [0.15, 0.2) is 65.5 Å². The standard InChI is InChI=1S/C18H14FN3O2/c19-14-8-6-12(7-9-14)11-20-17(23)16-10-15(21-18(24)22-16)13-4-2-1-3-5-13/h1-10H,11H2,(H,20,23)(H,21,22,24). The smallest absolute Gasteiger partial charge is 0.346 e. The van der Waals surface area contributed by atoms with Crippen LogP contribution in [0.3, 0.4) is 0 Å². The third kappa shape index (κ3) is 3.73. The summed E-state index contributed by atoms with van der Waals surface area (Å²) in [7, 11) is 0. The molecule has 0 saturated heterocycles. The van der Waals surface area contributed by atoms with Crippen molar-refractivity contribution in [3.05, 3.63) is 88.2 Å². The molecule has 0 aliphatic heterocycles. The van der Waals surface area contributed by atoms with Crippen LogP contribution in [-0.4, -0.2) is 15.9 Å². The highest BCUT2D eigenvalue weighted by atomic mass is 19.1. The molecule has 1 amide bonds. The molecule has 0 saturated carbocycles. The van der Waals surface area contributed by atoms with Gasteiger partial charge in [-0.25, -0.2) is 9.18 Å². The first-order valence-electron chi connectivity index (χ1n) is 7.31. The lowest BCUT2D eigenvalue weighted by Gasteiger charge is -2.07. The molecule has 5 nitrogen and oxygen atoms in total. The normalized spacial score (nSPS) is 10.4. The van der Waals surface area contributed by atoms with E-state index in [-0.39, 0.29) is 18.1 Å². The highest BCUT2D eigenvalue weighted by molar-refractivity contribution is 5.93. The second kappa shape index (κ2) is 6.87. The van der Waals surface area contributed by atoms with Crippen molar-refractivity contribution in [1.82, 2.24) is 15.3 Å². The number of amides is 1. The Labute approximate surface area is 137 Å². The van der Waals surface area contributed by atoms with Crippen LogP contribution in [0, 0.1) is 5.82 Å². The summed E-state index contributed by atoms with van der Waals surface area (Å²) in [5.41, 5.74) is 1.45. The van der Waals surface area contributed by atoms with Gasteiger partial charge in [0.1, 0.15) is 11.5 Å². The molecule has 0 atom stereocenters. The number of H-pyrrole nitrogens is 1. The molecule has 24 heavy (non-hydrogen) atoms. The van der Waals surface area contributed by atoms with E-state index in [0.29, 0.717) is 5.69 Å². The minimum atomic E-state index is -0.594. The molecule has 0 radical (unpaired) electrons. The summed E-state index contributed by atoms with van der Waals surface area (Å²) in [5, 5.41) is 2.68. The maximum absolute atomic E-state index is 12.9. The predicted octanol–water partition coefficient (Wildman–Crippen LogP) is 2.51. The Morgan fingerprint density at radius 2 is 1.79 bits per heavy atom. The number of hydrogen-bond acceptors (Lipinski definition) is 3. The van der Waals surface area contributed by atoms with Gasteiger partial charge in [0.2, 0.25) is 0 Å². The minimum absolute atomic E-state index is 0.121. The Bertz CT molecular complexity index is 906. The van der Waals surface area contributed by atoms with Gasteiger partial charge in [0.25, 0.3) is 5.91 Å². The summed E-state index contributed by atoms with van der Waals surface area (Å²) in [6.07, 6.45) is 0. The third-order valence-electron chi connectivity index (χ3n) is 3.43. The Hall–Kier alpha value is -3.28. The van der Waals surface area contributed by atoms with Crippen LogP contribution < -0.4 is 11.0 Å². The fraction of sp³-hybridized carbons (Fsp3) is 0.0556. The second-order valence-electron chi connectivity index (χ2n) is 5.16. The number of nitrogens with zero attached hydrogens (tertiary/aromatic N) is 1. The van der Waals surface area contributed by atoms with Gasteiger partial charge in [0.05, 0.1) is 5.69 Å². The molecule has 1 heterocycles. The lowest BCUT2D eigenvalue weighted by atomic mass is 10.1. The third-order valence-corrected chi connectivity index (χ3v) is 3.43. The van der Waals surface area contributed by atoms with Crippen LogP contribution in [-0.2, 0) is 6.54 Å². The molecule has 3 rings (SSSR count). The van der Waals surface area contributed by atoms with Gasteiger partial charge in [-0.3, -0.25) is 4.79 Å².